The highest BCUT2D eigenvalue weighted by Gasteiger charge is 2.31. The highest BCUT2D eigenvalue weighted by atomic mass is 79.9. The molecule has 2 aromatic rings. The number of nitrogens with zero attached hydrogens (tertiary/aromatic N) is 1. The number of benzene rings is 2. The second-order valence-corrected chi connectivity index (χ2v) is 10.3. The molecular formula is C22H27BrN2O4S. The van der Waals surface area contributed by atoms with Gasteiger partial charge in [-0.2, -0.15) is 0 Å². The number of carbonyl (C=O) groups is 1. The minimum absolute atomic E-state index is 0.0180. The summed E-state index contributed by atoms with van der Waals surface area (Å²) in [4.78, 5) is 12.4. The number of nitrogens with one attached hydrogen (secondary N) is 1. The number of ether oxygens (including phenoxy) is 1. The topological polar surface area (TPSA) is 75.7 Å². The quantitative estimate of drug-likeness (QED) is 0.542. The molecule has 162 valence electrons. The number of hydrogen-bond acceptors (Lipinski definition) is 4. The van der Waals surface area contributed by atoms with Crippen molar-refractivity contribution in [1.82, 2.24) is 9.62 Å². The fourth-order valence-corrected chi connectivity index (χ4v) is 5.26. The van der Waals surface area contributed by atoms with Gasteiger partial charge < -0.3 is 10.1 Å². The van der Waals surface area contributed by atoms with E-state index in [1.807, 2.05) is 54.6 Å². The molecule has 8 heteroatoms. The lowest BCUT2D eigenvalue weighted by molar-refractivity contribution is -0.126. The van der Waals surface area contributed by atoms with Gasteiger partial charge in [0.25, 0.3) is 0 Å². The van der Waals surface area contributed by atoms with Crippen LogP contribution >= 0.6 is 15.9 Å². The number of halogens is 1. The number of piperidine rings is 1. The van der Waals surface area contributed by atoms with Gasteiger partial charge >= 0.3 is 0 Å². The maximum absolute atomic E-state index is 12.7. The second-order valence-electron chi connectivity index (χ2n) is 7.39. The van der Waals surface area contributed by atoms with E-state index in [2.05, 4.69) is 21.2 Å². The van der Waals surface area contributed by atoms with Crippen molar-refractivity contribution in [2.75, 3.05) is 26.2 Å². The molecule has 0 aromatic heterocycles. The van der Waals surface area contributed by atoms with Crippen LogP contribution in [0, 0.1) is 5.92 Å². The highest BCUT2D eigenvalue weighted by molar-refractivity contribution is 9.10. The zero-order chi connectivity index (χ0) is 21.4. The Labute approximate surface area is 186 Å². The summed E-state index contributed by atoms with van der Waals surface area (Å²) >= 11 is 3.35. The van der Waals surface area contributed by atoms with Crippen LogP contribution in [0.1, 0.15) is 24.0 Å². The number of rotatable bonds is 9. The molecular weight excluding hydrogens is 468 g/mol. The molecule has 2 aromatic carbocycles. The average Bonchev–Trinajstić information content (AvgIpc) is 2.76. The largest absolute Gasteiger partial charge is 0.375 e. The molecule has 0 radical (unpaired) electrons. The number of sulfonamides is 1. The van der Waals surface area contributed by atoms with Crippen molar-refractivity contribution >= 4 is 31.9 Å². The molecule has 0 spiro atoms. The fourth-order valence-electron chi connectivity index (χ4n) is 3.43. The van der Waals surface area contributed by atoms with Crippen molar-refractivity contribution < 1.29 is 17.9 Å². The number of carbonyl (C=O) groups excluding carboxylic acids is 1. The Hall–Kier alpha value is -1.74. The minimum atomic E-state index is -3.38. The molecule has 1 saturated heterocycles. The van der Waals surface area contributed by atoms with E-state index in [4.69, 9.17) is 4.74 Å². The van der Waals surface area contributed by atoms with Crippen LogP contribution in [-0.4, -0.2) is 44.9 Å². The van der Waals surface area contributed by atoms with Crippen LogP contribution in [0.3, 0.4) is 0 Å². The van der Waals surface area contributed by atoms with E-state index in [1.54, 1.807) is 0 Å². The van der Waals surface area contributed by atoms with E-state index in [9.17, 15) is 13.2 Å². The Balaban J connectivity index is 1.36. The Kier molecular flexibility index (Phi) is 8.44. The third-order valence-corrected chi connectivity index (χ3v) is 7.52. The molecule has 1 aliphatic heterocycles. The Bertz CT molecular complexity index is 912. The molecule has 3 rings (SSSR count). The lowest BCUT2D eigenvalue weighted by atomic mass is 9.97. The molecule has 0 bridgehead atoms. The van der Waals surface area contributed by atoms with Crippen molar-refractivity contribution in [3.05, 3.63) is 70.2 Å². The van der Waals surface area contributed by atoms with Crippen LogP contribution in [0.5, 0.6) is 0 Å². The van der Waals surface area contributed by atoms with Gasteiger partial charge in [0.15, 0.2) is 0 Å². The van der Waals surface area contributed by atoms with Crippen molar-refractivity contribution in [3.8, 4) is 0 Å². The maximum Gasteiger partial charge on any atom is 0.223 e. The second kappa shape index (κ2) is 11.0. The first-order chi connectivity index (χ1) is 14.4. The average molecular weight is 495 g/mol. The molecule has 6 nitrogen and oxygen atoms in total. The lowest BCUT2D eigenvalue weighted by Crippen LogP contribution is -2.43. The summed E-state index contributed by atoms with van der Waals surface area (Å²) in [7, 11) is -3.38. The molecule has 1 amide bonds. The zero-order valence-electron chi connectivity index (χ0n) is 16.8. The molecule has 0 atom stereocenters. The summed E-state index contributed by atoms with van der Waals surface area (Å²) in [5.74, 6) is -0.197. The summed E-state index contributed by atoms with van der Waals surface area (Å²) in [6, 6.07) is 17.2. The molecule has 0 unspecified atom stereocenters. The fraction of sp³-hybridized carbons (Fsp3) is 0.409. The van der Waals surface area contributed by atoms with Crippen molar-refractivity contribution in [2.24, 2.45) is 5.92 Å². The van der Waals surface area contributed by atoms with Gasteiger partial charge in [-0.1, -0.05) is 58.4 Å². The third kappa shape index (κ3) is 6.91. The van der Waals surface area contributed by atoms with Crippen molar-refractivity contribution in [3.63, 3.8) is 0 Å². The predicted molar refractivity (Wildman–Crippen MR) is 120 cm³/mol. The van der Waals surface area contributed by atoms with Crippen LogP contribution in [0.2, 0.25) is 0 Å². The van der Waals surface area contributed by atoms with Gasteiger partial charge in [0, 0.05) is 30.0 Å². The van der Waals surface area contributed by atoms with Crippen LogP contribution < -0.4 is 5.32 Å². The van der Waals surface area contributed by atoms with Gasteiger partial charge in [0.2, 0.25) is 15.9 Å². The summed E-state index contributed by atoms with van der Waals surface area (Å²) in [6.07, 6.45) is 1.08. The van der Waals surface area contributed by atoms with Gasteiger partial charge in [0.05, 0.1) is 19.0 Å². The van der Waals surface area contributed by atoms with Crippen molar-refractivity contribution in [2.45, 2.75) is 25.2 Å². The van der Waals surface area contributed by atoms with E-state index in [-0.39, 0.29) is 17.6 Å². The third-order valence-electron chi connectivity index (χ3n) is 5.14. The minimum Gasteiger partial charge on any atom is -0.375 e. The van der Waals surface area contributed by atoms with E-state index in [0.717, 1.165) is 15.6 Å². The summed E-state index contributed by atoms with van der Waals surface area (Å²) in [5, 5.41) is 2.90. The summed E-state index contributed by atoms with van der Waals surface area (Å²) in [5.41, 5.74) is 1.86. The molecule has 30 heavy (non-hydrogen) atoms. The lowest BCUT2D eigenvalue weighted by Gasteiger charge is -2.30. The molecule has 1 heterocycles. The van der Waals surface area contributed by atoms with Crippen LogP contribution in [-0.2, 0) is 31.9 Å². The zero-order valence-corrected chi connectivity index (χ0v) is 19.2. The van der Waals surface area contributed by atoms with Gasteiger partial charge in [-0.3, -0.25) is 4.79 Å². The van der Waals surface area contributed by atoms with Gasteiger partial charge in [0.1, 0.15) is 0 Å². The first-order valence-corrected chi connectivity index (χ1v) is 12.5. The molecule has 1 aliphatic rings. The monoisotopic (exact) mass is 494 g/mol. The van der Waals surface area contributed by atoms with Crippen LogP contribution in [0.4, 0.5) is 0 Å². The predicted octanol–water partition coefficient (Wildman–Crippen LogP) is 3.32. The molecule has 0 aliphatic carbocycles. The van der Waals surface area contributed by atoms with E-state index < -0.39 is 10.0 Å². The first-order valence-electron chi connectivity index (χ1n) is 10.1. The maximum atomic E-state index is 12.7. The highest BCUT2D eigenvalue weighted by Crippen LogP contribution is 2.22. The standard InChI is InChI=1S/C22H27BrN2O4S/c23-21-8-6-19(7-9-21)17-30(27,28)25-13-10-20(11-14-25)22(26)24-12-15-29-16-18-4-2-1-3-5-18/h1-9,20H,10-17H2,(H,24,26). The first kappa shape index (κ1) is 22.9. The summed E-state index contributed by atoms with van der Waals surface area (Å²) < 4.78 is 33.3. The normalized spacial score (nSPS) is 15.8. The number of hydrogen-bond donors (Lipinski definition) is 1. The van der Waals surface area contributed by atoms with Crippen LogP contribution in [0.15, 0.2) is 59.1 Å². The van der Waals surface area contributed by atoms with E-state index in [1.165, 1.54) is 4.31 Å². The van der Waals surface area contributed by atoms with Gasteiger partial charge in [-0.15, -0.1) is 0 Å². The van der Waals surface area contributed by atoms with E-state index >= 15 is 0 Å². The number of amides is 1. The van der Waals surface area contributed by atoms with E-state index in [0.29, 0.717) is 45.7 Å². The Morgan fingerprint density at radius 1 is 1.03 bits per heavy atom. The Morgan fingerprint density at radius 3 is 2.37 bits per heavy atom. The SMILES string of the molecule is O=C(NCCOCc1ccccc1)C1CCN(S(=O)(=O)Cc2ccc(Br)cc2)CC1. The smallest absolute Gasteiger partial charge is 0.223 e. The molecule has 1 fully saturated rings. The Morgan fingerprint density at radius 2 is 1.70 bits per heavy atom. The van der Waals surface area contributed by atoms with Crippen LogP contribution in [0.25, 0.3) is 0 Å². The molecule has 0 saturated carbocycles. The molecule has 1 N–H and O–H groups in total. The van der Waals surface area contributed by atoms with Gasteiger partial charge in [-0.05, 0) is 36.1 Å². The van der Waals surface area contributed by atoms with Crippen molar-refractivity contribution in [1.29, 1.82) is 0 Å². The van der Waals surface area contributed by atoms with Gasteiger partial charge in [-0.25, -0.2) is 12.7 Å². The summed E-state index contributed by atoms with van der Waals surface area (Å²) in [6.45, 7) is 2.17.